The van der Waals surface area contributed by atoms with Gasteiger partial charge in [0.15, 0.2) is 0 Å². The summed E-state index contributed by atoms with van der Waals surface area (Å²) in [5.74, 6) is -0.391. The van der Waals surface area contributed by atoms with Crippen LogP contribution in [0.5, 0.6) is 0 Å². The van der Waals surface area contributed by atoms with E-state index in [9.17, 15) is 4.39 Å². The van der Waals surface area contributed by atoms with Crippen molar-refractivity contribution in [2.45, 2.75) is 6.92 Å². The monoisotopic (exact) mass is 383 g/mol. The Morgan fingerprint density at radius 2 is 1.79 bits per heavy atom. The van der Waals surface area contributed by atoms with Gasteiger partial charge in [0.05, 0.1) is 32.8 Å². The Morgan fingerprint density at radius 3 is 2.46 bits per heavy atom. The minimum Gasteiger partial charge on any atom is -0.351 e. The van der Waals surface area contributed by atoms with Gasteiger partial charge in [0.25, 0.3) is 0 Å². The molecule has 0 saturated carbocycles. The van der Waals surface area contributed by atoms with Gasteiger partial charge in [0.1, 0.15) is 5.82 Å². The Morgan fingerprint density at radius 1 is 1.04 bits per heavy atom. The van der Waals surface area contributed by atoms with Crippen molar-refractivity contribution in [1.82, 2.24) is 9.78 Å². The number of aryl methyl sites for hydroxylation is 2. The first-order valence-electron chi connectivity index (χ1n) is 7.08. The lowest BCUT2D eigenvalue weighted by Gasteiger charge is -2.12. The molecular formula is C17H13Cl3FN3. The van der Waals surface area contributed by atoms with E-state index < -0.39 is 5.82 Å². The fourth-order valence-electron chi connectivity index (χ4n) is 2.52. The zero-order valence-electron chi connectivity index (χ0n) is 12.9. The Balaban J connectivity index is 2.12. The number of nitrogens with zero attached hydrogens (tertiary/aromatic N) is 2. The highest BCUT2D eigenvalue weighted by Gasteiger charge is 2.19. The van der Waals surface area contributed by atoms with Gasteiger partial charge in [0.2, 0.25) is 0 Å². The third-order valence-electron chi connectivity index (χ3n) is 3.60. The molecule has 3 rings (SSSR count). The smallest absolute Gasteiger partial charge is 0.124 e. The molecule has 0 saturated heterocycles. The van der Waals surface area contributed by atoms with Crippen molar-refractivity contribution in [2.75, 3.05) is 5.32 Å². The predicted molar refractivity (Wildman–Crippen MR) is 98.1 cm³/mol. The highest BCUT2D eigenvalue weighted by molar-refractivity contribution is 6.36. The lowest BCUT2D eigenvalue weighted by atomic mass is 10.1. The molecule has 2 aromatic carbocycles. The summed E-state index contributed by atoms with van der Waals surface area (Å²) in [6, 6.07) is 9.45. The van der Waals surface area contributed by atoms with E-state index in [4.69, 9.17) is 34.8 Å². The second kappa shape index (κ2) is 6.63. The molecule has 1 aromatic heterocycles. The predicted octanol–water partition coefficient (Wildman–Crippen LogP) is 6.24. The maximum absolute atomic E-state index is 13.4. The Hall–Kier alpha value is -1.75. The summed E-state index contributed by atoms with van der Waals surface area (Å²) in [7, 11) is 1.80. The van der Waals surface area contributed by atoms with Crippen molar-refractivity contribution in [1.29, 1.82) is 0 Å². The zero-order valence-corrected chi connectivity index (χ0v) is 15.1. The standard InChI is InChI=1S/C17H13Cl3FN3/c1-9-16(22-15-6-3-10(18)7-14(15)20)17(24(2)23-9)12-5-4-11(21)8-13(12)19/h3-8,22H,1-2H3. The third kappa shape index (κ3) is 3.22. The molecule has 3 nitrogen and oxygen atoms in total. The van der Waals surface area contributed by atoms with Gasteiger partial charge in [-0.3, -0.25) is 4.68 Å². The number of hydrogen-bond donors (Lipinski definition) is 1. The quantitative estimate of drug-likeness (QED) is 0.579. The molecule has 24 heavy (non-hydrogen) atoms. The maximum Gasteiger partial charge on any atom is 0.124 e. The van der Waals surface area contributed by atoms with Gasteiger partial charge in [0, 0.05) is 17.6 Å². The third-order valence-corrected chi connectivity index (χ3v) is 4.46. The Kier molecular flexibility index (Phi) is 4.72. The summed E-state index contributed by atoms with van der Waals surface area (Å²) in [6.45, 7) is 1.87. The average Bonchev–Trinajstić information content (AvgIpc) is 2.76. The van der Waals surface area contributed by atoms with Crippen molar-refractivity contribution in [3.63, 3.8) is 0 Å². The topological polar surface area (TPSA) is 29.9 Å². The lowest BCUT2D eigenvalue weighted by Crippen LogP contribution is -1.98. The SMILES string of the molecule is Cc1nn(C)c(-c2ccc(F)cc2Cl)c1Nc1ccc(Cl)cc1Cl. The molecule has 3 aromatic rings. The largest absolute Gasteiger partial charge is 0.351 e. The molecule has 7 heteroatoms. The van der Waals surface area contributed by atoms with E-state index >= 15 is 0 Å². The van der Waals surface area contributed by atoms with Crippen LogP contribution in [0.3, 0.4) is 0 Å². The molecule has 0 bridgehead atoms. The van der Waals surface area contributed by atoms with Crippen LogP contribution in [0.15, 0.2) is 36.4 Å². The summed E-state index contributed by atoms with van der Waals surface area (Å²) in [6.07, 6.45) is 0. The second-order valence-electron chi connectivity index (χ2n) is 5.31. The summed E-state index contributed by atoms with van der Waals surface area (Å²) < 4.78 is 15.0. The van der Waals surface area contributed by atoms with Crippen LogP contribution in [0.4, 0.5) is 15.8 Å². The summed E-state index contributed by atoms with van der Waals surface area (Å²) in [5, 5.41) is 9.05. The van der Waals surface area contributed by atoms with Crippen LogP contribution >= 0.6 is 34.8 Å². The molecule has 0 aliphatic heterocycles. The van der Waals surface area contributed by atoms with E-state index in [1.807, 2.05) is 6.92 Å². The van der Waals surface area contributed by atoms with Gasteiger partial charge >= 0.3 is 0 Å². The summed E-state index contributed by atoms with van der Waals surface area (Å²) in [4.78, 5) is 0. The molecule has 0 fully saturated rings. The van der Waals surface area contributed by atoms with Gasteiger partial charge in [-0.2, -0.15) is 5.10 Å². The van der Waals surface area contributed by atoms with Crippen LogP contribution in [0, 0.1) is 12.7 Å². The van der Waals surface area contributed by atoms with Gasteiger partial charge in [-0.15, -0.1) is 0 Å². The Bertz CT molecular complexity index is 922. The van der Waals surface area contributed by atoms with Gasteiger partial charge in [-0.05, 0) is 43.3 Å². The van der Waals surface area contributed by atoms with Gasteiger partial charge < -0.3 is 5.32 Å². The average molecular weight is 385 g/mol. The first-order chi connectivity index (χ1) is 11.4. The van der Waals surface area contributed by atoms with Crippen LogP contribution in [-0.2, 0) is 7.05 Å². The molecule has 0 aliphatic carbocycles. The molecule has 0 unspecified atom stereocenters. The molecule has 0 aliphatic rings. The minimum atomic E-state index is -0.391. The van der Waals surface area contributed by atoms with Crippen LogP contribution in [-0.4, -0.2) is 9.78 Å². The van der Waals surface area contributed by atoms with E-state index in [0.717, 1.165) is 17.1 Å². The fraction of sp³-hybridized carbons (Fsp3) is 0.118. The van der Waals surface area contributed by atoms with E-state index in [1.54, 1.807) is 36.0 Å². The normalized spacial score (nSPS) is 10.9. The number of rotatable bonds is 3. The van der Waals surface area contributed by atoms with Gasteiger partial charge in [-0.1, -0.05) is 34.8 Å². The fourth-order valence-corrected chi connectivity index (χ4v) is 3.24. The molecule has 1 N–H and O–H groups in total. The van der Waals surface area contributed by atoms with Crippen LogP contribution in [0.1, 0.15) is 5.69 Å². The highest BCUT2D eigenvalue weighted by atomic mass is 35.5. The van der Waals surface area contributed by atoms with E-state index in [1.165, 1.54) is 12.1 Å². The molecule has 0 radical (unpaired) electrons. The second-order valence-corrected chi connectivity index (χ2v) is 6.56. The number of hydrogen-bond acceptors (Lipinski definition) is 2. The number of halogens is 4. The Labute approximate surface area is 154 Å². The summed E-state index contributed by atoms with van der Waals surface area (Å²) >= 11 is 18.4. The minimum absolute atomic E-state index is 0.309. The van der Waals surface area contributed by atoms with Crippen molar-refractivity contribution >= 4 is 46.2 Å². The van der Waals surface area contributed by atoms with Crippen molar-refractivity contribution < 1.29 is 4.39 Å². The van der Waals surface area contributed by atoms with Gasteiger partial charge in [-0.25, -0.2) is 4.39 Å². The van der Waals surface area contributed by atoms with Crippen LogP contribution < -0.4 is 5.32 Å². The van der Waals surface area contributed by atoms with E-state index in [-0.39, 0.29) is 0 Å². The number of aromatic nitrogens is 2. The molecule has 0 amide bonds. The zero-order chi connectivity index (χ0) is 17.4. The molecule has 1 heterocycles. The first kappa shape index (κ1) is 17.1. The molecule has 0 atom stereocenters. The first-order valence-corrected chi connectivity index (χ1v) is 8.21. The number of anilines is 2. The van der Waals surface area contributed by atoms with Crippen molar-refractivity contribution in [3.05, 3.63) is 63.0 Å². The summed E-state index contributed by atoms with van der Waals surface area (Å²) in [5.41, 5.74) is 3.61. The lowest BCUT2D eigenvalue weighted by molar-refractivity contribution is 0.628. The van der Waals surface area contributed by atoms with Crippen molar-refractivity contribution in [3.8, 4) is 11.3 Å². The van der Waals surface area contributed by atoms with E-state index in [2.05, 4.69) is 10.4 Å². The molecular weight excluding hydrogens is 372 g/mol. The van der Waals surface area contributed by atoms with E-state index in [0.29, 0.717) is 26.3 Å². The van der Waals surface area contributed by atoms with Crippen molar-refractivity contribution in [2.24, 2.45) is 7.05 Å². The highest BCUT2D eigenvalue weighted by Crippen LogP contribution is 2.38. The number of nitrogens with one attached hydrogen (secondary N) is 1. The molecule has 0 spiro atoms. The van der Waals surface area contributed by atoms with Crippen LogP contribution in [0.2, 0.25) is 15.1 Å². The molecule has 124 valence electrons. The van der Waals surface area contributed by atoms with Crippen LogP contribution in [0.25, 0.3) is 11.3 Å². The maximum atomic E-state index is 13.4. The number of benzene rings is 2.